The molecule has 2 heterocycles. The smallest absolute Gasteiger partial charge is 0.303 e. The average Bonchev–Trinajstić information content (AvgIpc) is 2.90. The Labute approximate surface area is 221 Å². The number of carbonyl (C=O) groups is 2. The lowest BCUT2D eigenvalue weighted by molar-refractivity contribution is -0.183. The first-order valence-electron chi connectivity index (χ1n) is 13.7. The molecule has 3 aliphatic rings. The van der Waals surface area contributed by atoms with E-state index in [1.54, 1.807) is 0 Å². The Morgan fingerprint density at radius 1 is 1.00 bits per heavy atom. The highest BCUT2D eigenvalue weighted by Gasteiger charge is 2.48. The van der Waals surface area contributed by atoms with Gasteiger partial charge in [0.2, 0.25) is 0 Å². The second-order valence-corrected chi connectivity index (χ2v) is 11.4. The minimum Gasteiger partial charge on any atom is -0.493 e. The summed E-state index contributed by atoms with van der Waals surface area (Å²) in [6.45, 7) is 8.19. The summed E-state index contributed by atoms with van der Waals surface area (Å²) < 4.78 is 12.4. The first-order chi connectivity index (χ1) is 17.7. The van der Waals surface area contributed by atoms with Crippen molar-refractivity contribution in [2.24, 2.45) is 5.41 Å². The predicted molar refractivity (Wildman–Crippen MR) is 144 cm³/mol. The van der Waals surface area contributed by atoms with Gasteiger partial charge in [0.05, 0.1) is 18.8 Å². The van der Waals surface area contributed by atoms with E-state index in [-0.39, 0.29) is 24.0 Å². The van der Waals surface area contributed by atoms with Gasteiger partial charge < -0.3 is 19.5 Å². The molecule has 2 aromatic rings. The molecule has 0 unspecified atom stereocenters. The van der Waals surface area contributed by atoms with Gasteiger partial charge in [-0.1, -0.05) is 37.3 Å². The third-order valence-corrected chi connectivity index (χ3v) is 8.11. The van der Waals surface area contributed by atoms with Crippen LogP contribution >= 0.6 is 0 Å². The van der Waals surface area contributed by atoms with Gasteiger partial charge in [-0.2, -0.15) is 0 Å². The van der Waals surface area contributed by atoms with Crippen molar-refractivity contribution in [2.75, 3.05) is 13.2 Å². The summed E-state index contributed by atoms with van der Waals surface area (Å²) in [4.78, 5) is 26.1. The Bertz CT molecular complexity index is 1050. The molecule has 6 heteroatoms. The lowest BCUT2D eigenvalue weighted by Crippen LogP contribution is -2.47. The molecule has 1 amide bonds. The molecule has 2 aromatic carbocycles. The van der Waals surface area contributed by atoms with Crippen LogP contribution in [0.2, 0.25) is 0 Å². The van der Waals surface area contributed by atoms with Crippen LogP contribution in [0.15, 0.2) is 48.5 Å². The van der Waals surface area contributed by atoms with Crippen LogP contribution in [0.5, 0.6) is 5.75 Å². The van der Waals surface area contributed by atoms with Crippen LogP contribution in [0.3, 0.4) is 0 Å². The summed E-state index contributed by atoms with van der Waals surface area (Å²) in [5.74, 6) is 0.0126. The SMILES string of the molecule is CC(C)N(Cc1ccccc1OCCCCCC(=O)O)C(=O)c1ccc(C23CCC(C)(CC2)CO3)cc1. The first kappa shape index (κ1) is 27.2. The molecule has 5 rings (SSSR count). The molecule has 1 aliphatic carbocycles. The zero-order chi connectivity index (χ0) is 26.5. The minimum atomic E-state index is -0.761. The number of benzene rings is 2. The van der Waals surface area contributed by atoms with Gasteiger partial charge in [0.25, 0.3) is 5.91 Å². The fourth-order valence-corrected chi connectivity index (χ4v) is 5.50. The fraction of sp³-hybridized carbons (Fsp3) is 0.548. The number of carboxylic acid groups (broad SMARTS) is 1. The van der Waals surface area contributed by atoms with Gasteiger partial charge in [0.15, 0.2) is 0 Å². The number of hydrogen-bond acceptors (Lipinski definition) is 4. The van der Waals surface area contributed by atoms with E-state index < -0.39 is 5.97 Å². The lowest BCUT2D eigenvalue weighted by atomic mass is 9.65. The van der Waals surface area contributed by atoms with Crippen molar-refractivity contribution in [1.82, 2.24) is 4.90 Å². The summed E-state index contributed by atoms with van der Waals surface area (Å²) in [6, 6.07) is 15.9. The standard InChI is InChI=1S/C31H41NO5/c1-23(2)32(21-25-9-6-7-10-27(25)36-20-8-4-5-11-28(33)34)29(35)24-12-14-26(15-13-24)31-18-16-30(3,17-19-31)22-37-31/h6-7,9-10,12-15,23H,4-5,8,11,16-22H2,1-3H3,(H,33,34). The summed E-state index contributed by atoms with van der Waals surface area (Å²) in [5, 5.41) is 8.78. The van der Waals surface area contributed by atoms with Crippen molar-refractivity contribution in [3.8, 4) is 5.75 Å². The van der Waals surface area contributed by atoms with Crippen LogP contribution in [0.4, 0.5) is 0 Å². The Kier molecular flexibility index (Phi) is 8.58. The van der Waals surface area contributed by atoms with Crippen LogP contribution in [0.25, 0.3) is 0 Å². The normalized spacial score (nSPS) is 22.7. The highest BCUT2D eigenvalue weighted by molar-refractivity contribution is 5.94. The molecule has 0 spiro atoms. The van der Waals surface area contributed by atoms with Gasteiger partial charge in [-0.3, -0.25) is 9.59 Å². The van der Waals surface area contributed by atoms with Gasteiger partial charge in [0, 0.05) is 30.1 Å². The number of amides is 1. The first-order valence-corrected chi connectivity index (χ1v) is 13.7. The van der Waals surface area contributed by atoms with Gasteiger partial charge in [-0.05, 0) is 88.0 Å². The Morgan fingerprint density at radius 2 is 1.70 bits per heavy atom. The van der Waals surface area contributed by atoms with E-state index in [4.69, 9.17) is 14.6 Å². The zero-order valence-electron chi connectivity index (χ0n) is 22.5. The third-order valence-electron chi connectivity index (χ3n) is 8.11. The second kappa shape index (κ2) is 11.7. The number of para-hydroxylation sites is 1. The molecule has 6 nitrogen and oxygen atoms in total. The van der Waals surface area contributed by atoms with Crippen molar-refractivity contribution in [3.05, 3.63) is 65.2 Å². The van der Waals surface area contributed by atoms with Gasteiger partial charge in [-0.25, -0.2) is 0 Å². The molecule has 1 saturated carbocycles. The molecule has 1 N–H and O–H groups in total. The zero-order valence-corrected chi connectivity index (χ0v) is 22.5. The molecular formula is C31H41NO5. The van der Waals surface area contributed by atoms with Crippen LogP contribution in [-0.2, 0) is 21.7 Å². The van der Waals surface area contributed by atoms with Crippen LogP contribution in [0.1, 0.15) is 93.6 Å². The van der Waals surface area contributed by atoms with E-state index in [1.807, 2.05) is 55.1 Å². The summed E-state index contributed by atoms with van der Waals surface area (Å²) >= 11 is 0. The number of unbranched alkanes of at least 4 members (excludes halogenated alkanes) is 2. The predicted octanol–water partition coefficient (Wildman–Crippen LogP) is 6.57. The summed E-state index contributed by atoms with van der Waals surface area (Å²) in [7, 11) is 0. The van der Waals surface area contributed by atoms with Gasteiger partial charge in [-0.15, -0.1) is 0 Å². The monoisotopic (exact) mass is 507 g/mol. The van der Waals surface area contributed by atoms with Crippen molar-refractivity contribution in [1.29, 1.82) is 0 Å². The molecule has 0 aromatic heterocycles. The lowest BCUT2D eigenvalue weighted by Gasteiger charge is -2.52. The van der Waals surface area contributed by atoms with Crippen molar-refractivity contribution < 1.29 is 24.2 Å². The van der Waals surface area contributed by atoms with Crippen LogP contribution in [0, 0.1) is 5.41 Å². The summed E-state index contributed by atoms with van der Waals surface area (Å²) in [6.07, 6.45) is 6.93. The third kappa shape index (κ3) is 6.53. The number of carbonyl (C=O) groups excluding carboxylic acids is 1. The maximum Gasteiger partial charge on any atom is 0.303 e. The number of carboxylic acids is 1. The van der Waals surface area contributed by atoms with Crippen LogP contribution in [-0.4, -0.2) is 41.1 Å². The molecule has 3 fully saturated rings. The number of ether oxygens (including phenoxy) is 2. The van der Waals surface area contributed by atoms with Crippen molar-refractivity contribution in [3.63, 3.8) is 0 Å². The van der Waals surface area contributed by atoms with Crippen LogP contribution < -0.4 is 4.74 Å². The van der Waals surface area contributed by atoms with Gasteiger partial charge >= 0.3 is 5.97 Å². The van der Waals surface area contributed by atoms with E-state index >= 15 is 0 Å². The number of nitrogens with zero attached hydrogens (tertiary/aromatic N) is 1. The number of hydrogen-bond donors (Lipinski definition) is 1. The summed E-state index contributed by atoms with van der Waals surface area (Å²) in [5.41, 5.74) is 2.97. The number of rotatable bonds is 12. The molecule has 2 bridgehead atoms. The Hall–Kier alpha value is -2.86. The van der Waals surface area contributed by atoms with E-state index in [2.05, 4.69) is 19.1 Å². The highest BCUT2D eigenvalue weighted by Crippen LogP contribution is 2.53. The van der Waals surface area contributed by atoms with E-state index in [0.717, 1.165) is 43.6 Å². The second-order valence-electron chi connectivity index (χ2n) is 11.4. The average molecular weight is 508 g/mol. The van der Waals surface area contributed by atoms with E-state index in [9.17, 15) is 9.59 Å². The molecule has 2 aliphatic heterocycles. The highest BCUT2D eigenvalue weighted by atomic mass is 16.5. The molecule has 2 saturated heterocycles. The number of aliphatic carboxylic acids is 1. The number of fused-ring (bicyclic) bond motifs is 3. The quantitative estimate of drug-likeness (QED) is 0.329. The molecule has 0 radical (unpaired) electrons. The maximum absolute atomic E-state index is 13.6. The maximum atomic E-state index is 13.6. The van der Waals surface area contributed by atoms with E-state index in [1.165, 1.54) is 18.4 Å². The molecule has 200 valence electrons. The molecule has 37 heavy (non-hydrogen) atoms. The Morgan fingerprint density at radius 3 is 2.32 bits per heavy atom. The largest absolute Gasteiger partial charge is 0.493 e. The fourth-order valence-electron chi connectivity index (χ4n) is 5.50. The molecular weight excluding hydrogens is 466 g/mol. The molecule has 0 atom stereocenters. The minimum absolute atomic E-state index is 0.00306. The van der Waals surface area contributed by atoms with Gasteiger partial charge in [0.1, 0.15) is 5.75 Å². The van der Waals surface area contributed by atoms with E-state index in [0.29, 0.717) is 30.6 Å². The van der Waals surface area contributed by atoms with Crippen molar-refractivity contribution >= 4 is 11.9 Å². The Balaban J connectivity index is 1.40. The topological polar surface area (TPSA) is 76.1 Å². The van der Waals surface area contributed by atoms with Crippen molar-refractivity contribution in [2.45, 2.75) is 90.3 Å².